The van der Waals surface area contributed by atoms with Crippen LogP contribution < -0.4 is 0 Å². The fourth-order valence-electron chi connectivity index (χ4n) is 3.84. The first-order valence-corrected chi connectivity index (χ1v) is 10.2. The van der Waals surface area contributed by atoms with Crippen LogP contribution in [0.2, 0.25) is 0 Å². The third-order valence-corrected chi connectivity index (χ3v) is 5.61. The number of nitrogens with zero attached hydrogens (tertiary/aromatic N) is 5. The van der Waals surface area contributed by atoms with Crippen molar-refractivity contribution in [3.63, 3.8) is 0 Å². The third-order valence-electron chi connectivity index (χ3n) is 5.61. The lowest BCUT2D eigenvalue weighted by molar-refractivity contribution is 0.122. The Bertz CT molecular complexity index is 1000. The van der Waals surface area contributed by atoms with E-state index < -0.39 is 0 Å². The van der Waals surface area contributed by atoms with Gasteiger partial charge < -0.3 is 0 Å². The summed E-state index contributed by atoms with van der Waals surface area (Å²) >= 11 is 0. The Balaban J connectivity index is 1.33. The number of hydrogen-bond donors (Lipinski definition) is 0. The van der Waals surface area contributed by atoms with Gasteiger partial charge in [0.05, 0.1) is 23.0 Å². The molecule has 0 aliphatic carbocycles. The quantitative estimate of drug-likeness (QED) is 0.672. The number of benzene rings is 2. The molecular weight excluding hydrogens is 358 g/mol. The molecule has 0 N–H and O–H groups in total. The Kier molecular flexibility index (Phi) is 5.75. The number of aryl methyl sites for hydroxylation is 2. The van der Waals surface area contributed by atoms with Crippen LogP contribution in [0.5, 0.6) is 0 Å². The van der Waals surface area contributed by atoms with Gasteiger partial charge in [0, 0.05) is 51.0 Å². The van der Waals surface area contributed by atoms with Gasteiger partial charge in [0.1, 0.15) is 0 Å². The van der Waals surface area contributed by atoms with E-state index in [-0.39, 0.29) is 0 Å². The second kappa shape index (κ2) is 8.60. The first-order chi connectivity index (χ1) is 14.1. The van der Waals surface area contributed by atoms with Gasteiger partial charge >= 0.3 is 0 Å². The SMILES string of the molecule is Cc1cccc(-n2cc(CN3CCN(Cc4ccc(C#N)cc4)CC3)c(C)n2)c1. The lowest BCUT2D eigenvalue weighted by atomic mass is 10.1. The van der Waals surface area contributed by atoms with Crippen LogP contribution in [0.1, 0.15) is 27.9 Å². The van der Waals surface area contributed by atoms with Crippen LogP contribution in [0.4, 0.5) is 0 Å². The van der Waals surface area contributed by atoms with E-state index in [2.05, 4.69) is 72.3 Å². The number of nitriles is 1. The molecule has 4 rings (SSSR count). The second-order valence-corrected chi connectivity index (χ2v) is 7.88. The molecule has 1 fully saturated rings. The molecule has 2 heterocycles. The molecule has 148 valence electrons. The second-order valence-electron chi connectivity index (χ2n) is 7.88. The fourth-order valence-corrected chi connectivity index (χ4v) is 3.84. The maximum atomic E-state index is 8.93. The van der Waals surface area contributed by atoms with Crippen molar-refractivity contribution in [3.05, 3.63) is 82.7 Å². The molecule has 0 atom stereocenters. The number of piperazine rings is 1. The van der Waals surface area contributed by atoms with Crippen LogP contribution >= 0.6 is 0 Å². The molecule has 5 nitrogen and oxygen atoms in total. The fraction of sp³-hybridized carbons (Fsp3) is 0.333. The number of aromatic nitrogens is 2. The van der Waals surface area contributed by atoms with Crippen LogP contribution in [0, 0.1) is 25.2 Å². The Morgan fingerprint density at radius 3 is 2.28 bits per heavy atom. The summed E-state index contributed by atoms with van der Waals surface area (Å²) in [4.78, 5) is 5.00. The average Bonchev–Trinajstić information content (AvgIpc) is 3.10. The molecule has 3 aromatic rings. The largest absolute Gasteiger partial charge is 0.297 e. The van der Waals surface area contributed by atoms with E-state index in [9.17, 15) is 0 Å². The van der Waals surface area contributed by atoms with Gasteiger partial charge in [-0.1, -0.05) is 24.3 Å². The van der Waals surface area contributed by atoms with Crippen LogP contribution in [0.3, 0.4) is 0 Å². The molecule has 0 spiro atoms. The Morgan fingerprint density at radius 1 is 0.931 bits per heavy atom. The highest BCUT2D eigenvalue weighted by Gasteiger charge is 2.19. The van der Waals surface area contributed by atoms with Crippen LogP contribution in [-0.4, -0.2) is 45.8 Å². The third kappa shape index (κ3) is 4.73. The maximum absolute atomic E-state index is 8.93. The van der Waals surface area contributed by atoms with Crippen molar-refractivity contribution in [1.82, 2.24) is 19.6 Å². The summed E-state index contributed by atoms with van der Waals surface area (Å²) in [5.74, 6) is 0. The first kappa shape index (κ1) is 19.4. The molecule has 1 aliphatic rings. The van der Waals surface area contributed by atoms with Crippen molar-refractivity contribution in [2.75, 3.05) is 26.2 Å². The minimum atomic E-state index is 0.722. The van der Waals surface area contributed by atoms with Gasteiger partial charge in [-0.05, 0) is 49.2 Å². The molecule has 0 amide bonds. The summed E-state index contributed by atoms with van der Waals surface area (Å²) in [7, 11) is 0. The van der Waals surface area contributed by atoms with Gasteiger partial charge in [0.15, 0.2) is 0 Å². The highest BCUT2D eigenvalue weighted by Crippen LogP contribution is 2.17. The lowest BCUT2D eigenvalue weighted by Crippen LogP contribution is -2.45. The van der Waals surface area contributed by atoms with Crippen molar-refractivity contribution in [3.8, 4) is 11.8 Å². The molecular formula is C24H27N5. The lowest BCUT2D eigenvalue weighted by Gasteiger charge is -2.34. The van der Waals surface area contributed by atoms with Gasteiger partial charge in [-0.2, -0.15) is 10.4 Å². The summed E-state index contributed by atoms with van der Waals surface area (Å²) in [6, 6.07) is 18.6. The van der Waals surface area contributed by atoms with Gasteiger partial charge in [-0.3, -0.25) is 9.80 Å². The van der Waals surface area contributed by atoms with E-state index in [4.69, 9.17) is 10.4 Å². The summed E-state index contributed by atoms with van der Waals surface area (Å²) in [6.07, 6.45) is 2.17. The number of rotatable bonds is 5. The first-order valence-electron chi connectivity index (χ1n) is 10.2. The standard InChI is InChI=1S/C24H27N5/c1-19-4-3-5-24(14-19)29-18-23(20(2)26-29)17-28-12-10-27(11-13-28)16-22-8-6-21(15-25)7-9-22/h3-9,14,18H,10-13,16-17H2,1-2H3. The van der Waals surface area contributed by atoms with E-state index in [1.807, 2.05) is 16.8 Å². The van der Waals surface area contributed by atoms with Crippen molar-refractivity contribution in [2.24, 2.45) is 0 Å². The molecule has 1 saturated heterocycles. The van der Waals surface area contributed by atoms with Crippen LogP contribution in [0.25, 0.3) is 5.69 Å². The van der Waals surface area contributed by atoms with Crippen LogP contribution in [-0.2, 0) is 13.1 Å². The van der Waals surface area contributed by atoms with E-state index >= 15 is 0 Å². The van der Waals surface area contributed by atoms with Crippen LogP contribution in [0.15, 0.2) is 54.7 Å². The molecule has 0 radical (unpaired) electrons. The summed E-state index contributed by atoms with van der Waals surface area (Å²) in [5.41, 5.74) is 6.76. The molecule has 2 aromatic carbocycles. The monoisotopic (exact) mass is 385 g/mol. The summed E-state index contributed by atoms with van der Waals surface area (Å²) in [6.45, 7) is 10.3. The zero-order chi connectivity index (χ0) is 20.2. The van der Waals surface area contributed by atoms with Crippen molar-refractivity contribution < 1.29 is 0 Å². The van der Waals surface area contributed by atoms with E-state index in [1.165, 1.54) is 16.7 Å². The minimum absolute atomic E-state index is 0.722. The van der Waals surface area contributed by atoms with Gasteiger partial charge in [-0.25, -0.2) is 4.68 Å². The predicted octanol–water partition coefficient (Wildman–Crippen LogP) is 3.68. The summed E-state index contributed by atoms with van der Waals surface area (Å²) < 4.78 is 2.00. The Labute approximate surface area is 172 Å². The minimum Gasteiger partial charge on any atom is -0.297 e. The molecule has 1 aromatic heterocycles. The van der Waals surface area contributed by atoms with Gasteiger partial charge in [-0.15, -0.1) is 0 Å². The Hall–Kier alpha value is -2.94. The number of hydrogen-bond acceptors (Lipinski definition) is 4. The van der Waals surface area contributed by atoms with E-state index in [0.29, 0.717) is 0 Å². The zero-order valence-corrected chi connectivity index (χ0v) is 17.2. The molecule has 0 unspecified atom stereocenters. The van der Waals surface area contributed by atoms with Crippen molar-refractivity contribution >= 4 is 0 Å². The highest BCUT2D eigenvalue weighted by atomic mass is 15.3. The topological polar surface area (TPSA) is 48.1 Å². The molecule has 0 saturated carbocycles. The normalized spacial score (nSPS) is 15.3. The molecule has 0 bridgehead atoms. The predicted molar refractivity (Wildman–Crippen MR) is 115 cm³/mol. The zero-order valence-electron chi connectivity index (χ0n) is 17.2. The van der Waals surface area contributed by atoms with E-state index in [1.54, 1.807) is 0 Å². The maximum Gasteiger partial charge on any atom is 0.0991 e. The van der Waals surface area contributed by atoms with Crippen molar-refractivity contribution in [2.45, 2.75) is 26.9 Å². The molecule has 1 aliphatic heterocycles. The Morgan fingerprint density at radius 2 is 1.62 bits per heavy atom. The molecule has 5 heteroatoms. The van der Waals surface area contributed by atoms with E-state index in [0.717, 1.165) is 56.2 Å². The smallest absolute Gasteiger partial charge is 0.0991 e. The highest BCUT2D eigenvalue weighted by molar-refractivity contribution is 5.36. The van der Waals surface area contributed by atoms with Crippen molar-refractivity contribution in [1.29, 1.82) is 5.26 Å². The van der Waals surface area contributed by atoms with Gasteiger partial charge in [0.25, 0.3) is 0 Å². The average molecular weight is 386 g/mol. The summed E-state index contributed by atoms with van der Waals surface area (Å²) in [5, 5.41) is 13.7. The van der Waals surface area contributed by atoms with Gasteiger partial charge in [0.2, 0.25) is 0 Å². The molecule has 29 heavy (non-hydrogen) atoms.